The van der Waals surface area contributed by atoms with E-state index < -0.39 is 0 Å². The number of hydrogen-bond acceptors (Lipinski definition) is 2. The zero-order valence-electron chi connectivity index (χ0n) is 26.0. The topological polar surface area (TPSA) is 6.48 Å². The molecule has 2 aliphatic rings. The number of anilines is 1. The largest absolute Gasteiger partial charge is 0.364 e. The second kappa shape index (κ2) is 11.6. The van der Waals surface area contributed by atoms with Crippen LogP contribution in [0.3, 0.4) is 0 Å². The van der Waals surface area contributed by atoms with Crippen LogP contribution in [0.15, 0.2) is 120 Å². The van der Waals surface area contributed by atoms with E-state index in [-0.39, 0.29) is 10.8 Å². The highest BCUT2D eigenvalue weighted by atomic mass is 15.2. The first-order chi connectivity index (χ1) is 19.7. The molecule has 0 saturated heterocycles. The molecular formula is C39H46N2. The minimum Gasteiger partial charge on any atom is -0.364 e. The summed E-state index contributed by atoms with van der Waals surface area (Å²) in [6, 6.07) is 24.3. The Hall–Kier alpha value is -3.78. The molecular weight excluding hydrogens is 496 g/mol. The van der Waals surface area contributed by atoms with E-state index in [4.69, 9.17) is 0 Å². The molecule has 0 amide bonds. The van der Waals surface area contributed by atoms with E-state index >= 15 is 0 Å². The molecule has 1 unspecified atom stereocenters. The lowest BCUT2D eigenvalue weighted by Crippen LogP contribution is -2.39. The maximum Gasteiger partial charge on any atom is 0.0568 e. The van der Waals surface area contributed by atoms with E-state index in [9.17, 15) is 0 Å². The van der Waals surface area contributed by atoms with Gasteiger partial charge in [0, 0.05) is 41.0 Å². The molecule has 2 nitrogen and oxygen atoms in total. The summed E-state index contributed by atoms with van der Waals surface area (Å²) < 4.78 is 0. The average Bonchev–Trinajstić information content (AvgIpc) is 3.30. The van der Waals surface area contributed by atoms with Gasteiger partial charge in [0.2, 0.25) is 0 Å². The fourth-order valence-electron chi connectivity index (χ4n) is 6.85. The zero-order valence-corrected chi connectivity index (χ0v) is 26.0. The van der Waals surface area contributed by atoms with E-state index in [2.05, 4.69) is 168 Å². The van der Waals surface area contributed by atoms with Gasteiger partial charge in [-0.25, -0.2) is 0 Å². The number of benzene rings is 3. The van der Waals surface area contributed by atoms with Gasteiger partial charge in [0.15, 0.2) is 0 Å². The molecule has 0 N–H and O–H groups in total. The molecule has 0 spiro atoms. The van der Waals surface area contributed by atoms with Gasteiger partial charge in [0.05, 0.1) is 6.04 Å². The molecule has 3 aromatic rings. The molecule has 0 saturated carbocycles. The average molecular weight is 543 g/mol. The van der Waals surface area contributed by atoms with Crippen LogP contribution in [0.25, 0.3) is 16.8 Å². The minimum atomic E-state index is -0.0191. The van der Waals surface area contributed by atoms with Gasteiger partial charge in [0.1, 0.15) is 0 Å². The lowest BCUT2D eigenvalue weighted by Gasteiger charge is -2.31. The van der Waals surface area contributed by atoms with Crippen molar-refractivity contribution in [1.82, 2.24) is 4.90 Å². The highest BCUT2D eigenvalue weighted by Gasteiger charge is 2.43. The summed E-state index contributed by atoms with van der Waals surface area (Å²) in [4.78, 5) is 5.08. The lowest BCUT2D eigenvalue weighted by atomic mass is 9.78. The Morgan fingerprint density at radius 1 is 0.805 bits per heavy atom. The van der Waals surface area contributed by atoms with Crippen LogP contribution in [0.5, 0.6) is 0 Å². The molecule has 2 aliphatic heterocycles. The van der Waals surface area contributed by atoms with Crippen molar-refractivity contribution in [3.05, 3.63) is 131 Å². The molecule has 0 aromatic heterocycles. The maximum absolute atomic E-state index is 2.56. The summed E-state index contributed by atoms with van der Waals surface area (Å²) in [6.45, 7) is 18.3. The molecule has 212 valence electrons. The van der Waals surface area contributed by atoms with Crippen LogP contribution in [-0.4, -0.2) is 24.0 Å². The van der Waals surface area contributed by atoms with E-state index in [1.165, 1.54) is 44.6 Å². The lowest BCUT2D eigenvalue weighted by molar-refractivity contribution is 0.389. The van der Waals surface area contributed by atoms with E-state index in [0.717, 1.165) is 19.5 Å². The van der Waals surface area contributed by atoms with Crippen molar-refractivity contribution in [3.8, 4) is 0 Å². The summed E-state index contributed by atoms with van der Waals surface area (Å²) in [6.07, 6.45) is 17.1. The third-order valence-corrected chi connectivity index (χ3v) is 9.27. The second-order valence-corrected chi connectivity index (χ2v) is 12.5. The molecule has 5 rings (SSSR count). The Kier molecular flexibility index (Phi) is 8.13. The number of hydrogen-bond donors (Lipinski definition) is 0. The van der Waals surface area contributed by atoms with Gasteiger partial charge in [0.25, 0.3) is 0 Å². The molecule has 0 fully saturated rings. The maximum atomic E-state index is 2.56. The van der Waals surface area contributed by atoms with Crippen molar-refractivity contribution >= 4 is 22.5 Å². The Bertz CT molecular complexity index is 1540. The summed E-state index contributed by atoms with van der Waals surface area (Å²) in [5.74, 6) is 0. The van der Waals surface area contributed by atoms with Crippen LogP contribution in [-0.2, 0) is 5.41 Å². The van der Waals surface area contributed by atoms with Crippen LogP contribution in [0.1, 0.15) is 66.0 Å². The van der Waals surface area contributed by atoms with Crippen molar-refractivity contribution < 1.29 is 0 Å². The van der Waals surface area contributed by atoms with Gasteiger partial charge in [-0.15, -0.1) is 0 Å². The number of rotatable bonds is 8. The quantitative estimate of drug-likeness (QED) is 0.261. The Labute approximate surface area is 248 Å². The van der Waals surface area contributed by atoms with Gasteiger partial charge < -0.3 is 9.80 Å². The summed E-state index contributed by atoms with van der Waals surface area (Å²) >= 11 is 0. The molecule has 41 heavy (non-hydrogen) atoms. The third kappa shape index (κ3) is 5.21. The predicted molar refractivity (Wildman–Crippen MR) is 179 cm³/mol. The second-order valence-electron chi connectivity index (χ2n) is 12.5. The first kappa shape index (κ1) is 28.7. The molecule has 2 heterocycles. The highest BCUT2D eigenvalue weighted by molar-refractivity contribution is 5.93. The normalized spacial score (nSPS) is 21.0. The van der Waals surface area contributed by atoms with Crippen molar-refractivity contribution in [1.29, 1.82) is 0 Å². The smallest absolute Gasteiger partial charge is 0.0568 e. The Morgan fingerprint density at radius 3 is 2.27 bits per heavy atom. The molecule has 3 aromatic carbocycles. The van der Waals surface area contributed by atoms with Crippen molar-refractivity contribution in [2.24, 2.45) is 5.41 Å². The number of fused-ring (bicyclic) bond motifs is 3. The molecule has 0 radical (unpaired) electrons. The Balaban J connectivity index is 1.39. The molecule has 2 heteroatoms. The van der Waals surface area contributed by atoms with Crippen molar-refractivity contribution in [2.45, 2.75) is 66.3 Å². The van der Waals surface area contributed by atoms with Gasteiger partial charge in [-0.2, -0.15) is 0 Å². The van der Waals surface area contributed by atoms with Gasteiger partial charge in [-0.05, 0) is 66.0 Å². The van der Waals surface area contributed by atoms with Crippen LogP contribution < -0.4 is 4.90 Å². The number of likely N-dealkylation sites (N-methyl/N-ethyl adjacent to an activating group) is 1. The monoisotopic (exact) mass is 542 g/mol. The Morgan fingerprint density at radius 2 is 1.54 bits per heavy atom. The van der Waals surface area contributed by atoms with Crippen LogP contribution in [0.4, 0.5) is 5.69 Å². The van der Waals surface area contributed by atoms with Crippen LogP contribution >= 0.6 is 0 Å². The fraction of sp³-hybridized carbons (Fsp3) is 0.333. The van der Waals surface area contributed by atoms with Crippen LogP contribution in [0, 0.1) is 5.41 Å². The van der Waals surface area contributed by atoms with Crippen LogP contribution in [0.2, 0.25) is 0 Å². The van der Waals surface area contributed by atoms with E-state index in [1.807, 2.05) is 0 Å². The van der Waals surface area contributed by atoms with E-state index in [0.29, 0.717) is 6.04 Å². The molecule has 0 bridgehead atoms. The van der Waals surface area contributed by atoms with Gasteiger partial charge in [-0.3, -0.25) is 0 Å². The summed E-state index contributed by atoms with van der Waals surface area (Å²) in [5.41, 5.74) is 8.18. The number of allylic oxidation sites excluding steroid dienone is 6. The SMILES string of the molecule is CCCN1C(/C=C\c2ccccc2)=C(C)C(C)(C)\C1=C/C=C/C=C/C1N(CC)c2ccc3ccccc3c2C1(C)C. The zero-order chi connectivity index (χ0) is 29.2. The van der Waals surface area contributed by atoms with Crippen molar-refractivity contribution in [2.75, 3.05) is 18.0 Å². The highest BCUT2D eigenvalue weighted by Crippen LogP contribution is 2.49. The van der Waals surface area contributed by atoms with Crippen molar-refractivity contribution in [3.63, 3.8) is 0 Å². The molecule has 1 atom stereocenters. The van der Waals surface area contributed by atoms with Gasteiger partial charge in [-0.1, -0.05) is 126 Å². The molecule has 0 aliphatic carbocycles. The summed E-state index contributed by atoms with van der Waals surface area (Å²) in [5, 5.41) is 2.70. The standard InChI is InChI=1S/C39H46N2/c1-8-28-41-33(26-24-30-18-12-10-13-19-30)29(3)38(4,5)35(41)22-14-11-15-23-36-39(6,7)37-32-21-17-16-20-31(32)25-27-34(37)40(36)9-2/h10-27,36H,8-9,28H2,1-7H3/b14-11+,23-15+,26-24-,35-22+. The predicted octanol–water partition coefficient (Wildman–Crippen LogP) is 10.1. The summed E-state index contributed by atoms with van der Waals surface area (Å²) in [7, 11) is 0. The number of nitrogens with zero attached hydrogens (tertiary/aromatic N) is 2. The van der Waals surface area contributed by atoms with Gasteiger partial charge >= 0.3 is 0 Å². The first-order valence-corrected chi connectivity index (χ1v) is 15.3. The van der Waals surface area contributed by atoms with E-state index in [1.54, 1.807) is 0 Å². The first-order valence-electron chi connectivity index (χ1n) is 15.3. The fourth-order valence-corrected chi connectivity index (χ4v) is 6.85. The third-order valence-electron chi connectivity index (χ3n) is 9.27. The minimum absolute atomic E-state index is 0.0153.